The minimum Gasteiger partial charge on any atom is -0.325 e. The van der Waals surface area contributed by atoms with Crippen LogP contribution in [0.1, 0.15) is 0 Å². The molecule has 0 atom stereocenters. The maximum Gasteiger partial charge on any atom is 0.239 e. The van der Waals surface area contributed by atoms with Crippen LogP contribution in [0.3, 0.4) is 0 Å². The molecule has 1 aromatic carbocycles. The van der Waals surface area contributed by atoms with Crippen molar-refractivity contribution >= 4 is 39.1 Å². The van der Waals surface area contributed by atoms with Gasteiger partial charge in [0.15, 0.2) is 0 Å². The van der Waals surface area contributed by atoms with Crippen molar-refractivity contribution in [1.29, 1.82) is 0 Å². The van der Waals surface area contributed by atoms with Crippen LogP contribution in [-0.4, -0.2) is 11.8 Å². The highest BCUT2D eigenvalue weighted by atomic mass is 79.9. The van der Waals surface area contributed by atoms with Crippen molar-refractivity contribution in [1.82, 2.24) is 0 Å². The number of carbonyl (C=O) groups excluding carboxylic acids is 1. The van der Waals surface area contributed by atoms with Crippen LogP contribution in [0.15, 0.2) is 22.7 Å². The van der Waals surface area contributed by atoms with Gasteiger partial charge in [0.05, 0.1) is 4.47 Å². The molecule has 0 aliphatic carbocycles. The average Bonchev–Trinajstić information content (AvgIpc) is 2.11. The molecule has 1 amide bonds. The fourth-order valence-corrected chi connectivity index (χ4v) is 1.08. The zero-order chi connectivity index (χ0) is 9.84. The lowest BCUT2D eigenvalue weighted by Gasteiger charge is -2.02. The van der Waals surface area contributed by atoms with Gasteiger partial charge in [-0.3, -0.25) is 4.79 Å². The first-order chi connectivity index (χ1) is 6.13. The number of hydrogen-bond donors (Lipinski definition) is 1. The van der Waals surface area contributed by atoms with Crippen LogP contribution in [-0.2, 0) is 4.79 Å². The maximum atomic E-state index is 12.9. The number of rotatable bonds is 2. The third-order valence-electron chi connectivity index (χ3n) is 1.32. The monoisotopic (exact) mass is 265 g/mol. The second-order valence-electron chi connectivity index (χ2n) is 2.31. The van der Waals surface area contributed by atoms with Crippen molar-refractivity contribution in [2.75, 3.05) is 11.2 Å². The van der Waals surface area contributed by atoms with E-state index in [0.717, 1.165) is 0 Å². The minimum absolute atomic E-state index is 0.141. The van der Waals surface area contributed by atoms with E-state index in [1.165, 1.54) is 12.1 Å². The molecule has 0 bridgehead atoms. The molecule has 1 aromatic rings. The molecule has 1 rings (SSSR count). The summed E-state index contributed by atoms with van der Waals surface area (Å²) in [6.45, 7) is 0. The van der Waals surface area contributed by atoms with Crippen LogP contribution in [0.25, 0.3) is 0 Å². The number of anilines is 1. The number of halogens is 3. The first kappa shape index (κ1) is 10.5. The van der Waals surface area contributed by atoms with Crippen molar-refractivity contribution in [3.63, 3.8) is 0 Å². The molecule has 2 nitrogen and oxygen atoms in total. The number of hydrogen-bond acceptors (Lipinski definition) is 1. The smallest absolute Gasteiger partial charge is 0.239 e. The van der Waals surface area contributed by atoms with Gasteiger partial charge in [0.25, 0.3) is 0 Å². The summed E-state index contributed by atoms with van der Waals surface area (Å²) < 4.78 is 13.3. The Labute approximate surface area is 88.2 Å². The zero-order valence-electron chi connectivity index (χ0n) is 6.48. The Morgan fingerprint density at radius 3 is 2.85 bits per heavy atom. The fraction of sp³-hybridized carbons (Fsp3) is 0.125. The van der Waals surface area contributed by atoms with Crippen molar-refractivity contribution < 1.29 is 9.18 Å². The van der Waals surface area contributed by atoms with E-state index in [2.05, 4.69) is 21.2 Å². The third kappa shape index (κ3) is 2.97. The van der Waals surface area contributed by atoms with Crippen molar-refractivity contribution in [3.05, 3.63) is 28.5 Å². The zero-order valence-corrected chi connectivity index (χ0v) is 8.82. The van der Waals surface area contributed by atoms with Gasteiger partial charge in [-0.2, -0.15) is 0 Å². The average molecular weight is 266 g/mol. The van der Waals surface area contributed by atoms with Crippen LogP contribution in [0.4, 0.5) is 10.1 Å². The second-order valence-corrected chi connectivity index (χ2v) is 3.43. The van der Waals surface area contributed by atoms with Crippen LogP contribution in [0.5, 0.6) is 0 Å². The summed E-state index contributed by atoms with van der Waals surface area (Å²) in [4.78, 5) is 10.8. The van der Waals surface area contributed by atoms with Gasteiger partial charge in [-0.05, 0) is 34.1 Å². The summed E-state index contributed by atoms with van der Waals surface area (Å²) in [7, 11) is 0. The molecule has 0 saturated carbocycles. The molecule has 13 heavy (non-hydrogen) atoms. The van der Waals surface area contributed by atoms with Crippen molar-refractivity contribution in [2.24, 2.45) is 0 Å². The largest absolute Gasteiger partial charge is 0.325 e. The molecule has 1 N–H and O–H groups in total. The van der Waals surface area contributed by atoms with Gasteiger partial charge < -0.3 is 5.32 Å². The molecule has 0 heterocycles. The molecule has 0 saturated heterocycles. The van der Waals surface area contributed by atoms with Crippen LogP contribution in [0.2, 0.25) is 0 Å². The molecule has 0 radical (unpaired) electrons. The first-order valence-corrected chi connectivity index (χ1v) is 4.77. The number of carbonyl (C=O) groups is 1. The Morgan fingerprint density at radius 2 is 2.31 bits per heavy atom. The van der Waals surface area contributed by atoms with Gasteiger partial charge in [0.2, 0.25) is 5.91 Å². The predicted molar refractivity (Wildman–Crippen MR) is 53.4 cm³/mol. The number of benzene rings is 1. The third-order valence-corrected chi connectivity index (χ3v) is 2.21. The van der Waals surface area contributed by atoms with Gasteiger partial charge in [-0.1, -0.05) is 0 Å². The SMILES string of the molecule is O=C(CCl)Nc1ccc(Br)c(F)c1. The minimum atomic E-state index is -0.424. The van der Waals surface area contributed by atoms with Crippen molar-refractivity contribution in [3.8, 4) is 0 Å². The lowest BCUT2D eigenvalue weighted by Crippen LogP contribution is -2.12. The van der Waals surface area contributed by atoms with Crippen LogP contribution >= 0.6 is 27.5 Å². The number of nitrogens with one attached hydrogen (secondary N) is 1. The molecule has 70 valence electrons. The van der Waals surface area contributed by atoms with E-state index in [9.17, 15) is 9.18 Å². The molecule has 5 heteroatoms. The van der Waals surface area contributed by atoms with Gasteiger partial charge in [0, 0.05) is 5.69 Å². The van der Waals surface area contributed by atoms with E-state index in [4.69, 9.17) is 11.6 Å². The molecule has 0 aliphatic heterocycles. The van der Waals surface area contributed by atoms with Gasteiger partial charge >= 0.3 is 0 Å². The van der Waals surface area contributed by atoms with Gasteiger partial charge in [0.1, 0.15) is 11.7 Å². The molecule has 0 fully saturated rings. The summed E-state index contributed by atoms with van der Waals surface area (Å²) in [5, 5.41) is 2.43. The summed E-state index contributed by atoms with van der Waals surface area (Å²) >= 11 is 8.26. The van der Waals surface area contributed by atoms with E-state index < -0.39 is 5.82 Å². The highest BCUT2D eigenvalue weighted by Gasteiger charge is 2.03. The van der Waals surface area contributed by atoms with E-state index in [1.54, 1.807) is 6.07 Å². The highest BCUT2D eigenvalue weighted by molar-refractivity contribution is 9.10. The summed E-state index contributed by atoms with van der Waals surface area (Å²) in [6.07, 6.45) is 0. The standard InChI is InChI=1S/C8H6BrClFNO/c9-6-2-1-5(3-7(6)11)12-8(13)4-10/h1-3H,4H2,(H,12,13). The second kappa shape index (κ2) is 4.58. The van der Waals surface area contributed by atoms with E-state index in [0.29, 0.717) is 10.2 Å². The van der Waals surface area contributed by atoms with Crippen LogP contribution in [0, 0.1) is 5.82 Å². The Morgan fingerprint density at radius 1 is 1.62 bits per heavy atom. The number of alkyl halides is 1. The Bertz CT molecular complexity index is 332. The quantitative estimate of drug-likeness (QED) is 0.820. The van der Waals surface area contributed by atoms with Gasteiger partial charge in [-0.15, -0.1) is 11.6 Å². The summed E-state index contributed by atoms with van der Waals surface area (Å²) in [6, 6.07) is 4.31. The molecular weight excluding hydrogens is 260 g/mol. The van der Waals surface area contributed by atoms with E-state index in [1.807, 2.05) is 0 Å². The Kier molecular flexibility index (Phi) is 3.69. The predicted octanol–water partition coefficient (Wildman–Crippen LogP) is 2.77. The fourth-order valence-electron chi connectivity index (χ4n) is 0.768. The lowest BCUT2D eigenvalue weighted by molar-refractivity contribution is -0.113. The summed E-state index contributed by atoms with van der Waals surface area (Å²) in [5.41, 5.74) is 0.395. The molecule has 0 spiro atoms. The molecule has 0 aromatic heterocycles. The van der Waals surface area contributed by atoms with Gasteiger partial charge in [-0.25, -0.2) is 4.39 Å². The topological polar surface area (TPSA) is 29.1 Å². The Hall–Kier alpha value is -0.610. The normalized spacial score (nSPS) is 9.77. The maximum absolute atomic E-state index is 12.9. The van der Waals surface area contributed by atoms with E-state index in [-0.39, 0.29) is 11.8 Å². The highest BCUT2D eigenvalue weighted by Crippen LogP contribution is 2.19. The van der Waals surface area contributed by atoms with Crippen LogP contribution < -0.4 is 5.32 Å². The Balaban J connectivity index is 2.79. The van der Waals surface area contributed by atoms with E-state index >= 15 is 0 Å². The number of amides is 1. The first-order valence-electron chi connectivity index (χ1n) is 3.44. The molecule has 0 unspecified atom stereocenters. The molecular formula is C8H6BrClFNO. The molecule has 0 aliphatic rings. The lowest BCUT2D eigenvalue weighted by atomic mass is 10.3. The summed E-state index contributed by atoms with van der Waals surface area (Å²) in [5.74, 6) is -0.923. The van der Waals surface area contributed by atoms with Crippen molar-refractivity contribution in [2.45, 2.75) is 0 Å².